The molecule has 0 bridgehead atoms. The molecule has 2 aliphatic carbocycles. The molecule has 2 aliphatic rings. The zero-order valence-electron chi connectivity index (χ0n) is 16.2. The largest absolute Gasteiger partial charge is 0.381 e. The Hall–Kier alpha value is -0.0400. The minimum atomic E-state index is 0.526. The monoisotopic (exact) mass is 322 g/mol. The molecular weight excluding hydrogens is 280 g/mol. The summed E-state index contributed by atoms with van der Waals surface area (Å²) >= 11 is 0. The van der Waals surface area contributed by atoms with Gasteiger partial charge in [0.1, 0.15) is 0 Å². The number of ether oxygens (including phenoxy) is 1. The molecule has 1 nitrogen and oxygen atoms in total. The van der Waals surface area contributed by atoms with Gasteiger partial charge in [0.15, 0.2) is 0 Å². The summed E-state index contributed by atoms with van der Waals surface area (Å²) in [6, 6.07) is 0. The summed E-state index contributed by atoms with van der Waals surface area (Å²) in [6.45, 7) is 9.20. The summed E-state index contributed by atoms with van der Waals surface area (Å²) in [6.07, 6.45) is 18.5. The molecule has 0 aromatic carbocycles. The number of hydrogen-bond donors (Lipinski definition) is 0. The quantitative estimate of drug-likeness (QED) is 0.444. The maximum absolute atomic E-state index is 6.33. The first-order valence-corrected chi connectivity index (χ1v) is 10.7. The molecule has 0 aromatic rings. The molecule has 0 amide bonds. The van der Waals surface area contributed by atoms with Gasteiger partial charge < -0.3 is 4.74 Å². The van der Waals surface area contributed by atoms with Gasteiger partial charge in [-0.15, -0.1) is 0 Å². The van der Waals surface area contributed by atoms with E-state index in [0.29, 0.717) is 5.41 Å². The Morgan fingerprint density at radius 3 is 2.26 bits per heavy atom. The second-order valence-electron chi connectivity index (χ2n) is 9.20. The van der Waals surface area contributed by atoms with Crippen LogP contribution in [-0.2, 0) is 4.74 Å². The van der Waals surface area contributed by atoms with E-state index in [0.717, 1.165) is 31.0 Å². The summed E-state index contributed by atoms with van der Waals surface area (Å²) in [5.41, 5.74) is 0.526. The Morgan fingerprint density at radius 2 is 1.65 bits per heavy atom. The Labute approximate surface area is 146 Å². The fourth-order valence-corrected chi connectivity index (χ4v) is 5.01. The van der Waals surface area contributed by atoms with Crippen molar-refractivity contribution in [1.82, 2.24) is 0 Å². The molecule has 0 saturated heterocycles. The van der Waals surface area contributed by atoms with Gasteiger partial charge in [-0.3, -0.25) is 0 Å². The van der Waals surface area contributed by atoms with E-state index in [1.54, 1.807) is 0 Å². The van der Waals surface area contributed by atoms with Gasteiger partial charge in [0.2, 0.25) is 0 Å². The van der Waals surface area contributed by atoms with Crippen LogP contribution >= 0.6 is 0 Å². The summed E-state index contributed by atoms with van der Waals surface area (Å²) in [5.74, 6) is 2.72. The third kappa shape index (κ3) is 6.77. The molecule has 0 radical (unpaired) electrons. The van der Waals surface area contributed by atoms with E-state index in [1.807, 2.05) is 0 Å². The van der Waals surface area contributed by atoms with Crippen LogP contribution in [0.4, 0.5) is 0 Å². The molecule has 2 saturated carbocycles. The zero-order valence-corrected chi connectivity index (χ0v) is 16.2. The number of unbranched alkanes of at least 4 members (excludes halogenated alkanes) is 1. The van der Waals surface area contributed by atoms with Crippen molar-refractivity contribution in [3.63, 3.8) is 0 Å². The molecule has 0 unspecified atom stereocenters. The molecule has 0 N–H and O–H groups in total. The van der Waals surface area contributed by atoms with E-state index in [-0.39, 0.29) is 0 Å². The van der Waals surface area contributed by atoms with Crippen LogP contribution in [0.25, 0.3) is 0 Å². The summed E-state index contributed by atoms with van der Waals surface area (Å²) < 4.78 is 6.33. The number of rotatable bonds is 9. The zero-order chi connectivity index (χ0) is 16.5. The summed E-state index contributed by atoms with van der Waals surface area (Å²) in [5, 5.41) is 0. The highest BCUT2D eigenvalue weighted by Crippen LogP contribution is 2.44. The van der Waals surface area contributed by atoms with E-state index in [4.69, 9.17) is 4.74 Å². The van der Waals surface area contributed by atoms with Gasteiger partial charge >= 0.3 is 0 Å². The molecule has 2 rings (SSSR count). The van der Waals surface area contributed by atoms with Crippen molar-refractivity contribution in [1.29, 1.82) is 0 Å². The van der Waals surface area contributed by atoms with Crippen LogP contribution in [0, 0.1) is 23.2 Å². The lowest BCUT2D eigenvalue weighted by atomic mass is 9.67. The maximum Gasteiger partial charge on any atom is 0.0522 e. The molecule has 0 aliphatic heterocycles. The van der Waals surface area contributed by atoms with E-state index < -0.39 is 0 Å². The van der Waals surface area contributed by atoms with Gasteiger partial charge in [-0.25, -0.2) is 0 Å². The highest BCUT2D eigenvalue weighted by Gasteiger charge is 2.35. The van der Waals surface area contributed by atoms with Crippen molar-refractivity contribution in [2.24, 2.45) is 23.2 Å². The first-order valence-electron chi connectivity index (χ1n) is 10.7. The van der Waals surface area contributed by atoms with Crippen LogP contribution < -0.4 is 0 Å². The lowest BCUT2D eigenvalue weighted by Gasteiger charge is -2.41. The molecule has 0 atom stereocenters. The highest BCUT2D eigenvalue weighted by molar-refractivity contribution is 4.86. The summed E-state index contributed by atoms with van der Waals surface area (Å²) in [7, 11) is 0. The average Bonchev–Trinajstić information content (AvgIpc) is 2.56. The van der Waals surface area contributed by atoms with E-state index in [1.165, 1.54) is 83.5 Å². The molecule has 136 valence electrons. The Balaban J connectivity index is 1.76. The van der Waals surface area contributed by atoms with Crippen molar-refractivity contribution in [2.45, 2.75) is 104 Å². The van der Waals surface area contributed by atoms with Crippen LogP contribution in [0.5, 0.6) is 0 Å². The standard InChI is InChI=1S/C22H42O/c1-4-5-13-22(14-11-20(12-15-22)16-19(2)3)18-23-17-21-9-7-6-8-10-21/h19-21H,4-18H2,1-3H3. The Morgan fingerprint density at radius 1 is 0.957 bits per heavy atom. The topological polar surface area (TPSA) is 9.23 Å². The number of hydrogen-bond acceptors (Lipinski definition) is 1. The predicted octanol–water partition coefficient (Wildman–Crippen LogP) is 7.00. The maximum atomic E-state index is 6.33. The lowest BCUT2D eigenvalue weighted by Crippen LogP contribution is -2.33. The highest BCUT2D eigenvalue weighted by atomic mass is 16.5. The fourth-order valence-electron chi connectivity index (χ4n) is 5.01. The average molecular weight is 323 g/mol. The third-order valence-corrected chi connectivity index (χ3v) is 6.52. The first-order chi connectivity index (χ1) is 11.1. The lowest BCUT2D eigenvalue weighted by molar-refractivity contribution is -0.0150. The summed E-state index contributed by atoms with van der Waals surface area (Å²) in [4.78, 5) is 0. The van der Waals surface area contributed by atoms with Crippen LogP contribution in [0.1, 0.15) is 104 Å². The van der Waals surface area contributed by atoms with E-state index in [2.05, 4.69) is 20.8 Å². The predicted molar refractivity (Wildman–Crippen MR) is 101 cm³/mol. The molecule has 0 aromatic heterocycles. The molecule has 23 heavy (non-hydrogen) atoms. The third-order valence-electron chi connectivity index (χ3n) is 6.52. The second kappa shape index (κ2) is 10.1. The van der Waals surface area contributed by atoms with Gasteiger partial charge in [0.05, 0.1) is 6.61 Å². The van der Waals surface area contributed by atoms with Gasteiger partial charge in [-0.05, 0) is 74.5 Å². The van der Waals surface area contributed by atoms with Gasteiger partial charge in [-0.1, -0.05) is 52.9 Å². The van der Waals surface area contributed by atoms with Crippen molar-refractivity contribution in [2.75, 3.05) is 13.2 Å². The van der Waals surface area contributed by atoms with E-state index in [9.17, 15) is 0 Å². The van der Waals surface area contributed by atoms with Crippen molar-refractivity contribution < 1.29 is 4.74 Å². The van der Waals surface area contributed by atoms with Crippen molar-refractivity contribution in [3.8, 4) is 0 Å². The molecule has 0 heterocycles. The SMILES string of the molecule is CCCCC1(COCC2CCCCC2)CCC(CC(C)C)CC1. The molecule has 2 fully saturated rings. The molecular formula is C22H42O. The smallest absolute Gasteiger partial charge is 0.0522 e. The molecule has 0 spiro atoms. The van der Waals surface area contributed by atoms with Crippen molar-refractivity contribution >= 4 is 0 Å². The molecule has 1 heteroatoms. The first kappa shape index (κ1) is 19.3. The minimum Gasteiger partial charge on any atom is -0.381 e. The van der Waals surface area contributed by atoms with Crippen LogP contribution in [0.15, 0.2) is 0 Å². The normalized spacial score (nSPS) is 30.0. The van der Waals surface area contributed by atoms with Crippen LogP contribution in [0.3, 0.4) is 0 Å². The van der Waals surface area contributed by atoms with Crippen LogP contribution in [0.2, 0.25) is 0 Å². The van der Waals surface area contributed by atoms with Crippen molar-refractivity contribution in [3.05, 3.63) is 0 Å². The van der Waals surface area contributed by atoms with Gasteiger partial charge in [-0.2, -0.15) is 0 Å². The fraction of sp³-hybridized carbons (Fsp3) is 1.00. The van der Waals surface area contributed by atoms with Gasteiger partial charge in [0.25, 0.3) is 0 Å². The van der Waals surface area contributed by atoms with E-state index >= 15 is 0 Å². The Bertz CT molecular complexity index is 295. The minimum absolute atomic E-state index is 0.526. The van der Waals surface area contributed by atoms with Gasteiger partial charge in [0, 0.05) is 6.61 Å². The second-order valence-corrected chi connectivity index (χ2v) is 9.20. The van der Waals surface area contributed by atoms with Crippen LogP contribution in [-0.4, -0.2) is 13.2 Å². The Kier molecular flexibility index (Phi) is 8.44.